The second-order valence-electron chi connectivity index (χ2n) is 8.49. The van der Waals surface area contributed by atoms with Crippen molar-refractivity contribution in [2.45, 2.75) is 58.2 Å². The van der Waals surface area contributed by atoms with E-state index in [1.807, 2.05) is 13.0 Å². The average molecular weight is 409 g/mol. The predicted molar refractivity (Wildman–Crippen MR) is 115 cm³/mol. The van der Waals surface area contributed by atoms with E-state index in [4.69, 9.17) is 14.2 Å². The fourth-order valence-electron chi connectivity index (χ4n) is 2.62. The Hall–Kier alpha value is -1.47. The van der Waals surface area contributed by atoms with Gasteiger partial charge in [-0.1, -0.05) is 56.9 Å². The minimum absolute atomic E-state index is 0.223. The molecule has 0 bridgehead atoms. The second kappa shape index (κ2) is 12.2. The van der Waals surface area contributed by atoms with E-state index in [1.54, 1.807) is 31.2 Å². The SMILES string of the molecule is C=C(C)[C@H](O)[C@@H](C)[C@H](CCOCOCC[Si](C)(C)C)OC(=O)c1ccccc1. The number of carbonyl (C=O) groups excluding carboxylic acids is 1. The summed E-state index contributed by atoms with van der Waals surface area (Å²) in [6, 6.07) is 9.94. The molecule has 0 aliphatic heterocycles. The third kappa shape index (κ3) is 9.64. The Morgan fingerprint density at radius 1 is 1.14 bits per heavy atom. The van der Waals surface area contributed by atoms with Gasteiger partial charge in [0.15, 0.2) is 0 Å². The molecule has 0 saturated heterocycles. The first-order chi connectivity index (χ1) is 13.1. The number of hydrogen-bond acceptors (Lipinski definition) is 5. The molecular formula is C22H36O5Si. The summed E-state index contributed by atoms with van der Waals surface area (Å²) < 4.78 is 16.8. The van der Waals surface area contributed by atoms with Crippen molar-refractivity contribution in [2.24, 2.45) is 5.92 Å². The number of esters is 1. The van der Waals surface area contributed by atoms with Gasteiger partial charge in [0, 0.05) is 27.0 Å². The summed E-state index contributed by atoms with van der Waals surface area (Å²) in [6.45, 7) is 15.6. The number of carbonyl (C=O) groups is 1. The second-order valence-corrected chi connectivity index (χ2v) is 14.1. The lowest BCUT2D eigenvalue weighted by Gasteiger charge is -2.28. The molecule has 0 heterocycles. The number of aliphatic hydroxyl groups is 1. The minimum atomic E-state index is -1.11. The molecule has 5 nitrogen and oxygen atoms in total. The van der Waals surface area contributed by atoms with E-state index >= 15 is 0 Å². The van der Waals surface area contributed by atoms with Gasteiger partial charge < -0.3 is 19.3 Å². The summed E-state index contributed by atoms with van der Waals surface area (Å²) in [5.74, 6) is -0.695. The maximum absolute atomic E-state index is 12.4. The predicted octanol–water partition coefficient (Wildman–Crippen LogP) is 4.50. The van der Waals surface area contributed by atoms with Crippen LogP contribution < -0.4 is 0 Å². The van der Waals surface area contributed by atoms with Crippen LogP contribution in [0.3, 0.4) is 0 Å². The number of rotatable bonds is 13. The standard InChI is InChI=1S/C22H36O5Si/c1-17(2)21(23)18(3)20(27-22(24)19-10-8-7-9-11-19)12-13-25-16-26-14-15-28(4,5)6/h7-11,18,20-21,23H,1,12-16H2,2-6H3/t18-,20-,21-/m0/s1. The molecule has 0 saturated carbocycles. The largest absolute Gasteiger partial charge is 0.458 e. The van der Waals surface area contributed by atoms with Crippen molar-refractivity contribution in [2.75, 3.05) is 20.0 Å². The molecule has 0 amide bonds. The molecule has 0 aromatic heterocycles. The molecule has 28 heavy (non-hydrogen) atoms. The van der Waals surface area contributed by atoms with Gasteiger partial charge in [-0.05, 0) is 25.1 Å². The van der Waals surface area contributed by atoms with E-state index in [-0.39, 0.29) is 12.7 Å². The zero-order chi connectivity index (χ0) is 21.2. The quantitative estimate of drug-likeness (QED) is 0.171. The summed E-state index contributed by atoms with van der Waals surface area (Å²) in [7, 11) is -1.11. The molecule has 1 rings (SSSR count). The first-order valence-electron chi connectivity index (χ1n) is 9.87. The first-order valence-corrected chi connectivity index (χ1v) is 13.6. The molecule has 1 aromatic rings. The average Bonchev–Trinajstić information content (AvgIpc) is 2.64. The molecule has 0 fully saturated rings. The molecular weight excluding hydrogens is 372 g/mol. The van der Waals surface area contributed by atoms with Crippen LogP contribution in [0.25, 0.3) is 0 Å². The molecule has 158 valence electrons. The Kier molecular flexibility index (Phi) is 10.7. The molecule has 1 N–H and O–H groups in total. The van der Waals surface area contributed by atoms with Crippen LogP contribution >= 0.6 is 0 Å². The molecule has 0 aliphatic rings. The fourth-order valence-corrected chi connectivity index (χ4v) is 3.37. The van der Waals surface area contributed by atoms with Crippen LogP contribution in [-0.2, 0) is 14.2 Å². The fraction of sp³-hybridized carbons (Fsp3) is 0.591. The molecule has 0 aliphatic carbocycles. The monoisotopic (exact) mass is 408 g/mol. The summed E-state index contributed by atoms with van der Waals surface area (Å²) in [5.41, 5.74) is 1.13. The van der Waals surface area contributed by atoms with Gasteiger partial charge in [-0.15, -0.1) is 0 Å². The lowest BCUT2D eigenvalue weighted by molar-refractivity contribution is -0.0669. The van der Waals surface area contributed by atoms with Crippen molar-refractivity contribution >= 4 is 14.0 Å². The zero-order valence-electron chi connectivity index (χ0n) is 17.9. The van der Waals surface area contributed by atoms with Gasteiger partial charge >= 0.3 is 5.97 Å². The maximum Gasteiger partial charge on any atom is 0.338 e. The first kappa shape index (κ1) is 24.6. The van der Waals surface area contributed by atoms with Crippen LogP contribution in [0.15, 0.2) is 42.5 Å². The van der Waals surface area contributed by atoms with Crippen LogP contribution in [0.1, 0.15) is 30.6 Å². The van der Waals surface area contributed by atoms with Crippen molar-refractivity contribution in [3.8, 4) is 0 Å². The summed E-state index contributed by atoms with van der Waals surface area (Å²) >= 11 is 0. The smallest absolute Gasteiger partial charge is 0.338 e. The normalized spacial score (nSPS) is 14.9. The Balaban J connectivity index is 2.54. The maximum atomic E-state index is 12.4. The van der Waals surface area contributed by atoms with E-state index in [2.05, 4.69) is 26.2 Å². The molecule has 0 spiro atoms. The van der Waals surface area contributed by atoms with Gasteiger partial charge in [-0.3, -0.25) is 0 Å². The van der Waals surface area contributed by atoms with Gasteiger partial charge in [0.05, 0.1) is 18.3 Å². The van der Waals surface area contributed by atoms with Crippen molar-refractivity contribution in [1.29, 1.82) is 0 Å². The summed E-state index contributed by atoms with van der Waals surface area (Å²) in [5, 5.41) is 10.3. The van der Waals surface area contributed by atoms with Gasteiger partial charge in [-0.2, -0.15) is 0 Å². The van der Waals surface area contributed by atoms with E-state index in [9.17, 15) is 9.90 Å². The topological polar surface area (TPSA) is 65.0 Å². The van der Waals surface area contributed by atoms with Gasteiger partial charge in [-0.25, -0.2) is 4.79 Å². The minimum Gasteiger partial charge on any atom is -0.458 e. The number of ether oxygens (including phenoxy) is 3. The lowest BCUT2D eigenvalue weighted by Crippen LogP contribution is -2.35. The van der Waals surface area contributed by atoms with Gasteiger partial charge in [0.2, 0.25) is 0 Å². The molecule has 1 aromatic carbocycles. The number of hydrogen-bond donors (Lipinski definition) is 1. The Morgan fingerprint density at radius 2 is 1.75 bits per heavy atom. The highest BCUT2D eigenvalue weighted by Crippen LogP contribution is 2.21. The van der Waals surface area contributed by atoms with Crippen LogP contribution in [0.4, 0.5) is 0 Å². The Bertz CT molecular complexity index is 597. The highest BCUT2D eigenvalue weighted by molar-refractivity contribution is 6.76. The molecule has 0 radical (unpaired) electrons. The Morgan fingerprint density at radius 3 is 2.32 bits per heavy atom. The van der Waals surface area contributed by atoms with Crippen LogP contribution in [-0.4, -0.2) is 51.4 Å². The van der Waals surface area contributed by atoms with E-state index in [1.165, 1.54) is 0 Å². The summed E-state index contributed by atoms with van der Waals surface area (Å²) in [4.78, 5) is 12.4. The van der Waals surface area contributed by atoms with E-state index in [0.717, 1.165) is 6.04 Å². The highest BCUT2D eigenvalue weighted by atomic mass is 28.3. The van der Waals surface area contributed by atoms with Gasteiger partial charge in [0.25, 0.3) is 0 Å². The zero-order valence-corrected chi connectivity index (χ0v) is 18.9. The van der Waals surface area contributed by atoms with E-state index < -0.39 is 26.3 Å². The highest BCUT2D eigenvalue weighted by Gasteiger charge is 2.28. The van der Waals surface area contributed by atoms with Crippen molar-refractivity contribution < 1.29 is 24.1 Å². The van der Waals surface area contributed by atoms with Crippen LogP contribution in [0.2, 0.25) is 25.7 Å². The third-order valence-corrected chi connectivity index (χ3v) is 6.27. The number of aliphatic hydroxyl groups excluding tert-OH is 1. The lowest BCUT2D eigenvalue weighted by atomic mass is 9.92. The Labute approximate surface area is 170 Å². The van der Waals surface area contributed by atoms with Crippen molar-refractivity contribution in [3.05, 3.63) is 48.0 Å². The van der Waals surface area contributed by atoms with Crippen LogP contribution in [0, 0.1) is 5.92 Å². The van der Waals surface area contributed by atoms with Gasteiger partial charge in [0.1, 0.15) is 12.9 Å². The van der Waals surface area contributed by atoms with Crippen LogP contribution in [0.5, 0.6) is 0 Å². The molecule has 0 unspecified atom stereocenters. The molecule has 6 heteroatoms. The number of benzene rings is 1. The molecule has 3 atom stereocenters. The third-order valence-electron chi connectivity index (χ3n) is 4.57. The van der Waals surface area contributed by atoms with E-state index in [0.29, 0.717) is 30.8 Å². The van der Waals surface area contributed by atoms with Crippen molar-refractivity contribution in [1.82, 2.24) is 0 Å². The van der Waals surface area contributed by atoms with Crippen molar-refractivity contribution in [3.63, 3.8) is 0 Å². The summed E-state index contributed by atoms with van der Waals surface area (Å²) in [6.07, 6.45) is -0.760.